The van der Waals surface area contributed by atoms with Crippen LogP contribution in [0.2, 0.25) is 0 Å². The molecule has 2 aromatic heterocycles. The summed E-state index contributed by atoms with van der Waals surface area (Å²) in [6, 6.07) is 22.0. The minimum Gasteiger partial charge on any atom is -0.254 e. The van der Waals surface area contributed by atoms with Crippen molar-refractivity contribution in [2.75, 3.05) is 0 Å². The van der Waals surface area contributed by atoms with Gasteiger partial charge in [-0.05, 0) is 12.1 Å². The number of fused-ring (bicyclic) bond motifs is 3. The van der Waals surface area contributed by atoms with Gasteiger partial charge in [0, 0.05) is 23.2 Å². The van der Waals surface area contributed by atoms with Gasteiger partial charge in [0.05, 0.1) is 11.0 Å². The SMILES string of the molecule is [CH3-].[Cl][Ru]([Cl])=[C]=Cc1ccccc1.c1cnc2c(c1)ccc1cccnc12. The van der Waals surface area contributed by atoms with Crippen molar-refractivity contribution >= 4 is 51.5 Å². The molecule has 2 aromatic carbocycles. The fourth-order valence-electron chi connectivity index (χ4n) is 2.33. The molecule has 0 aliphatic carbocycles. The van der Waals surface area contributed by atoms with Gasteiger partial charge < -0.3 is 7.43 Å². The van der Waals surface area contributed by atoms with Crippen LogP contribution in [-0.4, -0.2) is 14.2 Å². The molecule has 0 radical (unpaired) electrons. The third-order valence-electron chi connectivity index (χ3n) is 3.44. The number of halogens is 2. The molecule has 5 heteroatoms. The van der Waals surface area contributed by atoms with Gasteiger partial charge in [-0.25, -0.2) is 0 Å². The second-order valence-corrected chi connectivity index (χ2v) is 10.4. The van der Waals surface area contributed by atoms with Crippen molar-refractivity contribution in [1.82, 2.24) is 9.97 Å². The first-order valence-corrected chi connectivity index (χ1v) is 12.8. The van der Waals surface area contributed by atoms with Gasteiger partial charge in [-0.15, -0.1) is 0 Å². The van der Waals surface area contributed by atoms with Crippen molar-refractivity contribution in [2.24, 2.45) is 0 Å². The summed E-state index contributed by atoms with van der Waals surface area (Å²) >= 11 is -1.74. The van der Waals surface area contributed by atoms with E-state index in [2.05, 4.69) is 38.5 Å². The fourth-order valence-corrected chi connectivity index (χ4v) is 3.26. The van der Waals surface area contributed by atoms with E-state index in [4.69, 9.17) is 19.4 Å². The van der Waals surface area contributed by atoms with Crippen LogP contribution in [0.3, 0.4) is 0 Å². The minimum atomic E-state index is -1.74. The molecule has 0 aliphatic rings. The second-order valence-electron chi connectivity index (χ2n) is 5.06. The van der Waals surface area contributed by atoms with E-state index in [0.29, 0.717) is 0 Å². The molecule has 0 N–H and O–H groups in total. The molecule has 0 saturated carbocycles. The molecule has 0 spiro atoms. The van der Waals surface area contributed by atoms with Crippen LogP contribution >= 0.6 is 19.4 Å². The molecule has 4 rings (SSSR count). The third kappa shape index (κ3) is 5.56. The molecule has 26 heavy (non-hydrogen) atoms. The summed E-state index contributed by atoms with van der Waals surface area (Å²) in [7, 11) is 11.2. The average molecular weight is 469 g/mol. The van der Waals surface area contributed by atoms with E-state index < -0.39 is 13.5 Å². The maximum Gasteiger partial charge on any atom is 0.0964 e. The number of hydrogen-bond donors (Lipinski definition) is 0. The van der Waals surface area contributed by atoms with E-state index in [1.165, 1.54) is 0 Å². The van der Waals surface area contributed by atoms with E-state index in [1.807, 2.05) is 48.5 Å². The van der Waals surface area contributed by atoms with Crippen LogP contribution in [0.4, 0.5) is 0 Å². The Labute approximate surface area is 166 Å². The Hall–Kier alpha value is -1.89. The summed E-state index contributed by atoms with van der Waals surface area (Å²) in [5.74, 6) is 0. The molecule has 0 unspecified atom stereocenters. The number of benzene rings is 2. The van der Waals surface area contributed by atoms with Crippen LogP contribution in [-0.2, 0) is 13.5 Å². The Balaban J connectivity index is 0.000000186. The summed E-state index contributed by atoms with van der Waals surface area (Å²) in [6.07, 6.45) is 5.44. The van der Waals surface area contributed by atoms with Gasteiger partial charge in [-0.2, -0.15) is 0 Å². The summed E-state index contributed by atoms with van der Waals surface area (Å²) in [5, 5.41) is 2.28. The molecular weight excluding hydrogens is 452 g/mol. The number of nitrogens with zero attached hydrogens (tertiary/aromatic N) is 2. The van der Waals surface area contributed by atoms with Gasteiger partial charge >= 0.3 is 79.1 Å². The number of pyridine rings is 2. The van der Waals surface area contributed by atoms with E-state index in [1.54, 1.807) is 12.4 Å². The average Bonchev–Trinajstić information content (AvgIpc) is 2.68. The quantitative estimate of drug-likeness (QED) is 0.187. The Morgan fingerprint density at radius 2 is 1.27 bits per heavy atom. The largest absolute Gasteiger partial charge is 0.254 e. The van der Waals surface area contributed by atoms with E-state index in [9.17, 15) is 0 Å². The van der Waals surface area contributed by atoms with E-state index >= 15 is 0 Å². The van der Waals surface area contributed by atoms with Crippen molar-refractivity contribution in [1.29, 1.82) is 0 Å². The van der Waals surface area contributed by atoms with Crippen LogP contribution in [0.1, 0.15) is 5.56 Å². The Kier molecular flexibility index (Phi) is 8.10. The van der Waals surface area contributed by atoms with Crippen LogP contribution in [0.5, 0.6) is 0 Å². The fraction of sp³-hybridized carbons (Fsp3) is 0. The number of rotatable bonds is 1. The standard InChI is InChI=1S/C12H8N2.C8H6.CH3.2ClH.Ru/c1-3-9-5-6-10-4-2-8-14-12(10)11(9)13-7-1;1-2-8-6-4-3-5-7-8;;;;/h1-8H;2-7H;1H3;2*1H;/q;;-1;;;+2/p-2. The molecule has 2 heterocycles. The molecule has 0 atom stereocenters. The first-order chi connectivity index (χ1) is 12.2. The maximum atomic E-state index is 5.59. The van der Waals surface area contributed by atoms with Gasteiger partial charge in [-0.1, -0.05) is 24.3 Å². The normalized spacial score (nSPS) is 10.2. The molecule has 0 fully saturated rings. The smallest absolute Gasteiger partial charge is 0.0964 e. The molecule has 2 nitrogen and oxygen atoms in total. The number of aromatic nitrogens is 2. The van der Waals surface area contributed by atoms with E-state index in [0.717, 1.165) is 27.4 Å². The van der Waals surface area contributed by atoms with Gasteiger partial charge in [0.25, 0.3) is 0 Å². The topological polar surface area (TPSA) is 25.8 Å². The summed E-state index contributed by atoms with van der Waals surface area (Å²) in [5.41, 5.74) is 3.05. The first-order valence-electron chi connectivity index (χ1n) is 7.47. The Bertz CT molecular complexity index is 1000. The Morgan fingerprint density at radius 1 is 0.731 bits per heavy atom. The van der Waals surface area contributed by atoms with Gasteiger partial charge in [-0.3, -0.25) is 9.97 Å². The van der Waals surface area contributed by atoms with Crippen molar-refractivity contribution in [3.8, 4) is 0 Å². The molecule has 134 valence electrons. The van der Waals surface area contributed by atoms with Crippen molar-refractivity contribution < 1.29 is 13.5 Å². The zero-order valence-electron chi connectivity index (χ0n) is 14.1. The zero-order chi connectivity index (χ0) is 17.5. The molecule has 0 amide bonds. The van der Waals surface area contributed by atoms with Gasteiger partial charge in [0.1, 0.15) is 0 Å². The van der Waals surface area contributed by atoms with Crippen LogP contribution in [0, 0.1) is 7.43 Å². The van der Waals surface area contributed by atoms with Crippen LogP contribution in [0.25, 0.3) is 27.9 Å². The first kappa shape index (κ1) is 20.4. The second kappa shape index (κ2) is 10.3. The molecule has 4 aromatic rings. The Morgan fingerprint density at radius 3 is 1.77 bits per heavy atom. The summed E-state index contributed by atoms with van der Waals surface area (Å²) < 4.78 is 2.91. The predicted octanol–water partition coefficient (Wildman–Crippen LogP) is 6.26. The summed E-state index contributed by atoms with van der Waals surface area (Å²) in [4.78, 5) is 8.69. The van der Waals surface area contributed by atoms with Crippen molar-refractivity contribution in [3.05, 3.63) is 92.1 Å². The van der Waals surface area contributed by atoms with Crippen molar-refractivity contribution in [2.45, 2.75) is 0 Å². The molecule has 0 saturated heterocycles. The molecule has 0 bridgehead atoms. The maximum absolute atomic E-state index is 5.59. The van der Waals surface area contributed by atoms with Crippen LogP contribution in [0.15, 0.2) is 79.1 Å². The predicted molar refractivity (Wildman–Crippen MR) is 111 cm³/mol. The monoisotopic (exact) mass is 469 g/mol. The zero-order valence-corrected chi connectivity index (χ0v) is 17.3. The third-order valence-corrected chi connectivity index (χ3v) is 4.98. The number of hydrogen-bond acceptors (Lipinski definition) is 2. The molecular formula is C21H17Cl2N2Ru-. The van der Waals surface area contributed by atoms with Crippen LogP contribution < -0.4 is 0 Å². The van der Waals surface area contributed by atoms with E-state index in [-0.39, 0.29) is 7.43 Å². The minimum absolute atomic E-state index is 0. The molecule has 0 aliphatic heterocycles. The van der Waals surface area contributed by atoms with Gasteiger partial charge in [0.15, 0.2) is 0 Å². The van der Waals surface area contributed by atoms with Gasteiger partial charge in [0.2, 0.25) is 0 Å². The van der Waals surface area contributed by atoms with Crippen molar-refractivity contribution in [3.63, 3.8) is 0 Å². The summed E-state index contributed by atoms with van der Waals surface area (Å²) in [6.45, 7) is 0.